The van der Waals surface area contributed by atoms with Crippen molar-refractivity contribution in [1.82, 2.24) is 25.2 Å². The summed E-state index contributed by atoms with van der Waals surface area (Å²) in [7, 11) is 0. The van der Waals surface area contributed by atoms with Crippen LogP contribution in [0.25, 0.3) is 5.69 Å². The van der Waals surface area contributed by atoms with E-state index in [-0.39, 0.29) is 17.9 Å². The molecule has 30 heavy (non-hydrogen) atoms. The van der Waals surface area contributed by atoms with E-state index < -0.39 is 0 Å². The molecule has 0 aliphatic carbocycles. The number of aryl methyl sites for hydroxylation is 1. The van der Waals surface area contributed by atoms with Gasteiger partial charge in [0.15, 0.2) is 5.69 Å². The van der Waals surface area contributed by atoms with E-state index >= 15 is 0 Å². The van der Waals surface area contributed by atoms with Gasteiger partial charge in [0.2, 0.25) is 0 Å². The van der Waals surface area contributed by atoms with Crippen LogP contribution in [0.5, 0.6) is 0 Å². The fourth-order valence-electron chi connectivity index (χ4n) is 3.56. The Kier molecular flexibility index (Phi) is 5.81. The minimum Gasteiger partial charge on any atom is -0.349 e. The number of aromatic nitrogens is 3. The molecule has 0 unspecified atom stereocenters. The fourth-order valence-corrected chi connectivity index (χ4v) is 3.69. The molecule has 154 valence electrons. The number of halogens is 1. The standard InChI is InChI=1S/C22H22ClN5O2/c1-15-4-2-3-5-19(15)21(29)24-17-10-12-27(13-11-17)22(30)20-14-28(26-25-20)18-8-6-16(23)7-9-18/h2-9,14,17H,10-13H2,1H3,(H,24,29). The van der Waals surface area contributed by atoms with Gasteiger partial charge in [-0.15, -0.1) is 5.10 Å². The second-order valence-corrected chi connectivity index (χ2v) is 7.82. The van der Waals surface area contributed by atoms with Crippen LogP contribution in [0.3, 0.4) is 0 Å². The third kappa shape index (κ3) is 4.36. The van der Waals surface area contributed by atoms with Gasteiger partial charge in [0, 0.05) is 29.7 Å². The van der Waals surface area contributed by atoms with Gasteiger partial charge in [-0.05, 0) is 55.7 Å². The van der Waals surface area contributed by atoms with Gasteiger partial charge in [-0.2, -0.15) is 0 Å². The quantitative estimate of drug-likeness (QED) is 0.698. The molecule has 7 nitrogen and oxygen atoms in total. The number of piperidine rings is 1. The topological polar surface area (TPSA) is 80.1 Å². The molecular weight excluding hydrogens is 402 g/mol. The van der Waals surface area contributed by atoms with Crippen molar-refractivity contribution >= 4 is 23.4 Å². The molecule has 0 bridgehead atoms. The van der Waals surface area contributed by atoms with Crippen molar-refractivity contribution in [2.75, 3.05) is 13.1 Å². The highest BCUT2D eigenvalue weighted by Gasteiger charge is 2.26. The van der Waals surface area contributed by atoms with Crippen LogP contribution in [0.15, 0.2) is 54.7 Å². The van der Waals surface area contributed by atoms with E-state index in [0.717, 1.165) is 11.3 Å². The lowest BCUT2D eigenvalue weighted by Crippen LogP contribution is -2.46. The van der Waals surface area contributed by atoms with Gasteiger partial charge in [-0.3, -0.25) is 9.59 Å². The van der Waals surface area contributed by atoms with Crippen LogP contribution < -0.4 is 5.32 Å². The van der Waals surface area contributed by atoms with Gasteiger partial charge >= 0.3 is 0 Å². The molecular formula is C22H22ClN5O2. The second kappa shape index (κ2) is 8.67. The summed E-state index contributed by atoms with van der Waals surface area (Å²) in [5, 5.41) is 11.8. The molecule has 1 aliphatic heterocycles. The van der Waals surface area contributed by atoms with Crippen LogP contribution in [-0.2, 0) is 0 Å². The highest BCUT2D eigenvalue weighted by molar-refractivity contribution is 6.30. The lowest BCUT2D eigenvalue weighted by Gasteiger charge is -2.32. The van der Waals surface area contributed by atoms with Crippen LogP contribution in [0.4, 0.5) is 0 Å². The van der Waals surface area contributed by atoms with Crippen LogP contribution in [0, 0.1) is 6.92 Å². The SMILES string of the molecule is Cc1ccccc1C(=O)NC1CCN(C(=O)c2cn(-c3ccc(Cl)cc3)nn2)CC1. The lowest BCUT2D eigenvalue weighted by molar-refractivity contribution is 0.0692. The molecule has 4 rings (SSSR count). The van der Waals surface area contributed by atoms with Gasteiger partial charge < -0.3 is 10.2 Å². The molecule has 2 aromatic carbocycles. The molecule has 1 aromatic heterocycles. The van der Waals surface area contributed by atoms with E-state index in [4.69, 9.17) is 11.6 Å². The molecule has 1 fully saturated rings. The Hall–Kier alpha value is -3.19. The highest BCUT2D eigenvalue weighted by atomic mass is 35.5. The van der Waals surface area contributed by atoms with Crippen molar-refractivity contribution in [1.29, 1.82) is 0 Å². The predicted octanol–water partition coefficient (Wildman–Crippen LogP) is 3.26. The van der Waals surface area contributed by atoms with E-state index in [1.54, 1.807) is 27.9 Å². The molecule has 1 N–H and O–H groups in total. The number of hydrogen-bond acceptors (Lipinski definition) is 4. The van der Waals surface area contributed by atoms with Crippen LogP contribution in [0.2, 0.25) is 5.02 Å². The molecule has 0 atom stereocenters. The Bertz CT molecular complexity index is 1060. The van der Waals surface area contributed by atoms with Crippen molar-refractivity contribution in [3.8, 4) is 5.69 Å². The zero-order valence-electron chi connectivity index (χ0n) is 16.6. The van der Waals surface area contributed by atoms with Gasteiger partial charge in [-0.25, -0.2) is 4.68 Å². The lowest BCUT2D eigenvalue weighted by atomic mass is 10.0. The number of nitrogens with zero attached hydrogens (tertiary/aromatic N) is 4. The van der Waals surface area contributed by atoms with Crippen molar-refractivity contribution in [2.24, 2.45) is 0 Å². The zero-order valence-corrected chi connectivity index (χ0v) is 17.3. The highest BCUT2D eigenvalue weighted by Crippen LogP contribution is 2.16. The van der Waals surface area contributed by atoms with E-state index in [1.807, 2.05) is 43.3 Å². The van der Waals surface area contributed by atoms with E-state index in [9.17, 15) is 9.59 Å². The van der Waals surface area contributed by atoms with Crippen molar-refractivity contribution in [2.45, 2.75) is 25.8 Å². The van der Waals surface area contributed by atoms with Gasteiger partial charge in [0.05, 0.1) is 11.9 Å². The average Bonchev–Trinajstić information content (AvgIpc) is 3.25. The van der Waals surface area contributed by atoms with Gasteiger partial charge in [0.25, 0.3) is 11.8 Å². The van der Waals surface area contributed by atoms with Crippen molar-refractivity contribution in [3.05, 3.63) is 76.6 Å². The van der Waals surface area contributed by atoms with Crippen LogP contribution in [-0.4, -0.2) is 50.8 Å². The molecule has 2 amide bonds. The number of benzene rings is 2. The Labute approximate surface area is 179 Å². The predicted molar refractivity (Wildman–Crippen MR) is 114 cm³/mol. The Balaban J connectivity index is 1.34. The summed E-state index contributed by atoms with van der Waals surface area (Å²) >= 11 is 5.91. The van der Waals surface area contributed by atoms with Crippen molar-refractivity contribution < 1.29 is 9.59 Å². The summed E-state index contributed by atoms with van der Waals surface area (Å²) in [4.78, 5) is 27.1. The number of rotatable bonds is 4. The van der Waals surface area contributed by atoms with E-state index in [0.29, 0.717) is 42.2 Å². The number of amides is 2. The first-order chi connectivity index (χ1) is 14.5. The Morgan fingerprint density at radius 3 is 2.47 bits per heavy atom. The van der Waals surface area contributed by atoms with E-state index in [2.05, 4.69) is 15.6 Å². The molecule has 0 radical (unpaired) electrons. The molecule has 1 saturated heterocycles. The normalized spacial score (nSPS) is 14.5. The maximum absolute atomic E-state index is 12.8. The zero-order chi connectivity index (χ0) is 21.1. The smallest absolute Gasteiger partial charge is 0.276 e. The van der Waals surface area contributed by atoms with E-state index in [1.165, 1.54) is 0 Å². The second-order valence-electron chi connectivity index (χ2n) is 7.38. The number of carbonyl (C=O) groups is 2. The maximum Gasteiger partial charge on any atom is 0.276 e. The first kappa shape index (κ1) is 20.1. The third-order valence-electron chi connectivity index (χ3n) is 5.31. The Morgan fingerprint density at radius 1 is 1.07 bits per heavy atom. The summed E-state index contributed by atoms with van der Waals surface area (Å²) < 4.78 is 1.55. The summed E-state index contributed by atoms with van der Waals surface area (Å²) in [5.41, 5.74) is 2.72. The van der Waals surface area contributed by atoms with Gasteiger partial charge in [-0.1, -0.05) is 35.0 Å². The number of hydrogen-bond donors (Lipinski definition) is 1. The number of carbonyl (C=O) groups excluding carboxylic acids is 2. The minimum absolute atomic E-state index is 0.0471. The molecule has 1 aliphatic rings. The summed E-state index contributed by atoms with van der Waals surface area (Å²) in [6.07, 6.45) is 3.03. The molecule has 8 heteroatoms. The third-order valence-corrected chi connectivity index (χ3v) is 5.56. The minimum atomic E-state index is -0.154. The van der Waals surface area contributed by atoms with Crippen LogP contribution >= 0.6 is 11.6 Å². The monoisotopic (exact) mass is 423 g/mol. The first-order valence-electron chi connectivity index (χ1n) is 9.85. The Morgan fingerprint density at radius 2 is 1.77 bits per heavy atom. The average molecular weight is 424 g/mol. The summed E-state index contributed by atoms with van der Waals surface area (Å²) in [5.74, 6) is -0.220. The van der Waals surface area contributed by atoms with Gasteiger partial charge in [0.1, 0.15) is 0 Å². The molecule has 0 spiro atoms. The molecule has 0 saturated carbocycles. The number of likely N-dealkylation sites (tertiary alicyclic amines) is 1. The molecule has 2 heterocycles. The number of nitrogens with one attached hydrogen (secondary N) is 1. The molecule has 3 aromatic rings. The largest absolute Gasteiger partial charge is 0.349 e. The first-order valence-corrected chi connectivity index (χ1v) is 10.2. The van der Waals surface area contributed by atoms with Crippen LogP contribution in [0.1, 0.15) is 39.3 Å². The summed E-state index contributed by atoms with van der Waals surface area (Å²) in [6, 6.07) is 14.7. The van der Waals surface area contributed by atoms with Crippen molar-refractivity contribution in [3.63, 3.8) is 0 Å². The fraction of sp³-hybridized carbons (Fsp3) is 0.273. The summed E-state index contributed by atoms with van der Waals surface area (Å²) in [6.45, 7) is 3.05. The maximum atomic E-state index is 12.8.